The van der Waals surface area contributed by atoms with Crippen molar-refractivity contribution in [2.75, 3.05) is 13.2 Å². The summed E-state index contributed by atoms with van der Waals surface area (Å²) in [6.07, 6.45) is 4.06. The van der Waals surface area contributed by atoms with Crippen LogP contribution in [0, 0.1) is 5.41 Å². The van der Waals surface area contributed by atoms with Crippen molar-refractivity contribution in [1.82, 2.24) is 4.90 Å². The summed E-state index contributed by atoms with van der Waals surface area (Å²) in [4.78, 5) is 25.1. The molecule has 0 saturated carbocycles. The molecule has 4 heteroatoms. The lowest BCUT2D eigenvalue weighted by Gasteiger charge is -2.34. The monoisotopic (exact) mass is 241 g/mol. The summed E-state index contributed by atoms with van der Waals surface area (Å²) < 4.78 is 0. The number of amides is 2. The Kier molecular flexibility index (Phi) is 5.12. The van der Waals surface area contributed by atoms with Crippen LogP contribution in [0.4, 0.5) is 0 Å². The predicted molar refractivity (Wildman–Crippen MR) is 65.3 cm³/mol. The van der Waals surface area contributed by atoms with Crippen molar-refractivity contribution in [3.8, 4) is 0 Å². The van der Waals surface area contributed by atoms with Gasteiger partial charge in [0.25, 0.3) is 0 Å². The van der Waals surface area contributed by atoms with Crippen molar-refractivity contribution < 1.29 is 14.7 Å². The summed E-state index contributed by atoms with van der Waals surface area (Å²) in [5.74, 6) is -0.153. The number of likely N-dealkylation sites (tertiary alicyclic amines) is 1. The number of hydrogen-bond acceptors (Lipinski definition) is 3. The Bertz CT molecular complexity index is 258. The quantitative estimate of drug-likeness (QED) is 0.745. The number of imide groups is 1. The molecule has 0 bridgehead atoms. The molecule has 0 aromatic carbocycles. The molecule has 1 N–H and O–H groups in total. The molecule has 0 radical (unpaired) electrons. The van der Waals surface area contributed by atoms with Crippen LogP contribution in [-0.2, 0) is 9.59 Å². The van der Waals surface area contributed by atoms with Crippen LogP contribution in [0.3, 0.4) is 0 Å². The van der Waals surface area contributed by atoms with E-state index in [0.29, 0.717) is 19.4 Å². The largest absolute Gasteiger partial charge is 0.396 e. The lowest BCUT2D eigenvalue weighted by Crippen LogP contribution is -2.45. The molecule has 0 unspecified atom stereocenters. The molecule has 0 spiro atoms. The minimum absolute atomic E-state index is 0.0249. The van der Waals surface area contributed by atoms with Gasteiger partial charge in [0.05, 0.1) is 6.61 Å². The van der Waals surface area contributed by atoms with E-state index in [1.165, 1.54) is 4.90 Å². The second kappa shape index (κ2) is 6.15. The predicted octanol–water partition coefficient (Wildman–Crippen LogP) is 1.71. The smallest absolute Gasteiger partial charge is 0.229 e. The van der Waals surface area contributed by atoms with Crippen molar-refractivity contribution in [3.63, 3.8) is 0 Å². The van der Waals surface area contributed by atoms with E-state index >= 15 is 0 Å². The van der Waals surface area contributed by atoms with Crippen molar-refractivity contribution in [2.24, 2.45) is 5.41 Å². The highest BCUT2D eigenvalue weighted by Gasteiger charge is 2.33. The second-order valence-corrected chi connectivity index (χ2v) is 4.95. The van der Waals surface area contributed by atoms with Gasteiger partial charge in [-0.25, -0.2) is 0 Å². The second-order valence-electron chi connectivity index (χ2n) is 4.95. The van der Waals surface area contributed by atoms with Crippen molar-refractivity contribution >= 4 is 11.8 Å². The number of aliphatic hydroxyl groups is 1. The molecule has 0 aromatic heterocycles. The van der Waals surface area contributed by atoms with E-state index in [1.807, 2.05) is 13.8 Å². The number of carbonyl (C=O) groups is 2. The van der Waals surface area contributed by atoms with E-state index in [1.54, 1.807) is 0 Å². The van der Waals surface area contributed by atoms with Gasteiger partial charge < -0.3 is 5.11 Å². The van der Waals surface area contributed by atoms with Crippen LogP contribution in [0.15, 0.2) is 0 Å². The molecule has 0 aromatic rings. The van der Waals surface area contributed by atoms with Crippen LogP contribution in [-0.4, -0.2) is 35.0 Å². The lowest BCUT2D eigenvalue weighted by atomic mass is 9.82. The average Bonchev–Trinajstić information content (AvgIpc) is 2.50. The number of nitrogens with zero attached hydrogens (tertiary/aromatic N) is 1. The standard InChI is InChI=1S/C13H23NO3/c1-3-13(4-2,10-15)9-14-11(16)7-5-6-8-12(14)17/h15H,3-10H2,1-2H3. The van der Waals surface area contributed by atoms with E-state index in [2.05, 4.69) is 0 Å². The third kappa shape index (κ3) is 3.28. The van der Waals surface area contributed by atoms with E-state index in [9.17, 15) is 14.7 Å². The Morgan fingerprint density at radius 2 is 1.59 bits per heavy atom. The number of carbonyl (C=O) groups excluding carboxylic acids is 2. The summed E-state index contributed by atoms with van der Waals surface area (Å²) in [5, 5.41) is 9.50. The lowest BCUT2D eigenvalue weighted by molar-refractivity contribution is -0.146. The molecular formula is C13H23NO3. The fourth-order valence-corrected chi connectivity index (χ4v) is 2.22. The van der Waals surface area contributed by atoms with Gasteiger partial charge in [-0.2, -0.15) is 0 Å². The van der Waals surface area contributed by atoms with Gasteiger partial charge in [0.15, 0.2) is 0 Å². The normalized spacial score (nSPS) is 18.4. The Morgan fingerprint density at radius 1 is 1.12 bits per heavy atom. The Balaban J connectivity index is 2.81. The van der Waals surface area contributed by atoms with Gasteiger partial charge >= 0.3 is 0 Å². The Hall–Kier alpha value is -0.900. The molecule has 1 saturated heterocycles. The first kappa shape index (κ1) is 14.2. The zero-order valence-corrected chi connectivity index (χ0v) is 10.9. The van der Waals surface area contributed by atoms with Gasteiger partial charge in [-0.1, -0.05) is 13.8 Å². The van der Waals surface area contributed by atoms with Gasteiger partial charge in [0, 0.05) is 24.8 Å². The number of aliphatic hydroxyl groups excluding tert-OH is 1. The molecule has 1 heterocycles. The minimum atomic E-state index is -0.324. The molecule has 98 valence electrons. The Morgan fingerprint density at radius 3 is 1.94 bits per heavy atom. The maximum Gasteiger partial charge on any atom is 0.229 e. The first-order valence-corrected chi connectivity index (χ1v) is 6.52. The van der Waals surface area contributed by atoms with Gasteiger partial charge in [-0.3, -0.25) is 14.5 Å². The SMILES string of the molecule is CCC(CC)(CO)CN1C(=O)CCCCC1=O. The van der Waals surface area contributed by atoms with Crippen LogP contribution in [0.1, 0.15) is 52.4 Å². The molecule has 0 atom stereocenters. The molecule has 4 nitrogen and oxygen atoms in total. The highest BCUT2D eigenvalue weighted by atomic mass is 16.3. The van der Waals surface area contributed by atoms with Crippen LogP contribution in [0.25, 0.3) is 0 Å². The Labute approximate surface area is 103 Å². The van der Waals surface area contributed by atoms with Crippen LogP contribution < -0.4 is 0 Å². The molecule has 1 rings (SSSR count). The van der Waals surface area contributed by atoms with Crippen LogP contribution in [0.5, 0.6) is 0 Å². The summed E-state index contributed by atoms with van der Waals surface area (Å²) in [7, 11) is 0. The van der Waals surface area contributed by atoms with Crippen molar-refractivity contribution in [1.29, 1.82) is 0 Å². The zero-order chi connectivity index (χ0) is 12.9. The van der Waals surface area contributed by atoms with Crippen LogP contribution >= 0.6 is 0 Å². The van der Waals surface area contributed by atoms with Gasteiger partial charge in [0.1, 0.15) is 0 Å². The maximum absolute atomic E-state index is 11.9. The fraction of sp³-hybridized carbons (Fsp3) is 0.846. The first-order valence-electron chi connectivity index (χ1n) is 6.52. The van der Waals surface area contributed by atoms with Gasteiger partial charge in [-0.05, 0) is 25.7 Å². The summed E-state index contributed by atoms with van der Waals surface area (Å²) in [6.45, 7) is 4.38. The summed E-state index contributed by atoms with van der Waals surface area (Å²) >= 11 is 0. The first-order chi connectivity index (χ1) is 8.08. The fourth-order valence-electron chi connectivity index (χ4n) is 2.22. The topological polar surface area (TPSA) is 57.6 Å². The maximum atomic E-state index is 11.9. The summed E-state index contributed by atoms with van der Waals surface area (Å²) in [6, 6.07) is 0. The van der Waals surface area contributed by atoms with E-state index < -0.39 is 0 Å². The molecular weight excluding hydrogens is 218 g/mol. The van der Waals surface area contributed by atoms with E-state index in [0.717, 1.165) is 25.7 Å². The molecule has 1 aliphatic rings. The van der Waals surface area contributed by atoms with E-state index in [4.69, 9.17) is 0 Å². The molecule has 1 fully saturated rings. The van der Waals surface area contributed by atoms with Crippen molar-refractivity contribution in [3.05, 3.63) is 0 Å². The summed E-state index contributed by atoms with van der Waals surface area (Å²) in [5.41, 5.74) is -0.324. The van der Waals surface area contributed by atoms with Gasteiger partial charge in [0.2, 0.25) is 11.8 Å². The molecule has 0 aliphatic carbocycles. The zero-order valence-electron chi connectivity index (χ0n) is 10.9. The highest BCUT2D eigenvalue weighted by molar-refractivity contribution is 5.96. The number of rotatable bonds is 5. The third-order valence-electron chi connectivity index (χ3n) is 3.96. The minimum Gasteiger partial charge on any atom is -0.396 e. The van der Waals surface area contributed by atoms with Gasteiger partial charge in [-0.15, -0.1) is 0 Å². The van der Waals surface area contributed by atoms with E-state index in [-0.39, 0.29) is 23.8 Å². The highest BCUT2D eigenvalue weighted by Crippen LogP contribution is 2.28. The molecule has 1 aliphatic heterocycles. The number of hydrogen-bond donors (Lipinski definition) is 1. The van der Waals surface area contributed by atoms with Crippen molar-refractivity contribution in [2.45, 2.75) is 52.4 Å². The molecule has 17 heavy (non-hydrogen) atoms. The third-order valence-corrected chi connectivity index (χ3v) is 3.96. The van der Waals surface area contributed by atoms with Crippen LogP contribution in [0.2, 0.25) is 0 Å². The molecule has 2 amide bonds. The average molecular weight is 241 g/mol.